The Hall–Kier alpha value is -2.56. The van der Waals surface area contributed by atoms with Gasteiger partial charge in [-0.3, -0.25) is 4.79 Å². The Kier molecular flexibility index (Phi) is 5.13. The number of carbonyl (C=O) groups excluding carboxylic acids is 1. The number of carboxylic acid groups (broad SMARTS) is 1. The summed E-state index contributed by atoms with van der Waals surface area (Å²) in [4.78, 5) is 23.6. The molecule has 0 aromatic heterocycles. The van der Waals surface area contributed by atoms with Crippen molar-refractivity contribution in [2.45, 2.75) is 58.5 Å². The third kappa shape index (κ3) is 4.07. The van der Waals surface area contributed by atoms with Crippen LogP contribution in [0.5, 0.6) is 0 Å². The fourth-order valence-electron chi connectivity index (χ4n) is 3.83. The number of hydrogen-bond acceptors (Lipinski definition) is 3. The summed E-state index contributed by atoms with van der Waals surface area (Å²) >= 11 is 0. The number of nitrogens with one attached hydrogen (secondary N) is 2. The SMILES string of the molecule is C=C(/C=C(\C)C(=O)NC1CCC1)C1Nc2ccc(C(=O)O)cc2CC1(C)C. The summed E-state index contributed by atoms with van der Waals surface area (Å²) in [7, 11) is 0. The molecule has 1 amide bonds. The van der Waals surface area contributed by atoms with Gasteiger partial charge >= 0.3 is 5.97 Å². The number of hydrogen-bond donors (Lipinski definition) is 3. The average Bonchev–Trinajstić information content (AvgIpc) is 2.55. The molecule has 1 unspecified atom stereocenters. The Bertz CT molecular complexity index is 819. The van der Waals surface area contributed by atoms with Gasteiger partial charge in [-0.15, -0.1) is 0 Å². The molecule has 1 atom stereocenters. The summed E-state index contributed by atoms with van der Waals surface area (Å²) < 4.78 is 0. The normalized spacial score (nSPS) is 21.4. The van der Waals surface area contributed by atoms with Gasteiger partial charge in [-0.2, -0.15) is 0 Å². The molecule has 1 fully saturated rings. The fraction of sp³-hybridized carbons (Fsp3) is 0.455. The maximum atomic E-state index is 12.3. The number of anilines is 1. The number of aromatic carboxylic acids is 1. The molecule has 1 heterocycles. The zero-order valence-corrected chi connectivity index (χ0v) is 16.3. The first-order valence-electron chi connectivity index (χ1n) is 9.48. The highest BCUT2D eigenvalue weighted by atomic mass is 16.4. The van der Waals surface area contributed by atoms with Gasteiger partial charge < -0.3 is 15.7 Å². The van der Waals surface area contributed by atoms with Crippen LogP contribution < -0.4 is 10.6 Å². The molecular weight excluding hydrogens is 340 g/mol. The first kappa shape index (κ1) is 19.2. The first-order valence-corrected chi connectivity index (χ1v) is 9.48. The van der Waals surface area contributed by atoms with Crippen LogP contribution in [0, 0.1) is 5.41 Å². The number of carbonyl (C=O) groups is 2. The zero-order chi connectivity index (χ0) is 19.8. The van der Waals surface area contributed by atoms with E-state index in [1.807, 2.05) is 19.1 Å². The van der Waals surface area contributed by atoms with E-state index in [4.69, 9.17) is 0 Å². The van der Waals surface area contributed by atoms with Gasteiger partial charge in [0.05, 0.1) is 11.6 Å². The molecule has 3 rings (SSSR count). The summed E-state index contributed by atoms with van der Waals surface area (Å²) in [5.41, 5.74) is 3.57. The fourth-order valence-corrected chi connectivity index (χ4v) is 3.83. The lowest BCUT2D eigenvalue weighted by Crippen LogP contribution is -2.43. The van der Waals surface area contributed by atoms with Crippen LogP contribution in [0.4, 0.5) is 5.69 Å². The van der Waals surface area contributed by atoms with E-state index in [1.165, 1.54) is 6.42 Å². The highest BCUT2D eigenvalue weighted by Crippen LogP contribution is 2.40. The highest BCUT2D eigenvalue weighted by Gasteiger charge is 2.36. The van der Waals surface area contributed by atoms with Gasteiger partial charge in [0.2, 0.25) is 5.91 Å². The number of fused-ring (bicyclic) bond motifs is 1. The zero-order valence-electron chi connectivity index (χ0n) is 16.3. The molecule has 0 spiro atoms. The lowest BCUT2D eigenvalue weighted by Gasteiger charge is -2.41. The summed E-state index contributed by atoms with van der Waals surface area (Å²) in [5.74, 6) is -0.945. The predicted molar refractivity (Wildman–Crippen MR) is 107 cm³/mol. The van der Waals surface area contributed by atoms with Crippen molar-refractivity contribution in [3.63, 3.8) is 0 Å². The van der Waals surface area contributed by atoms with Crippen LogP contribution >= 0.6 is 0 Å². The Labute approximate surface area is 160 Å². The molecule has 3 N–H and O–H groups in total. The molecule has 0 bridgehead atoms. The number of rotatable bonds is 5. The maximum absolute atomic E-state index is 12.3. The minimum atomic E-state index is -0.918. The summed E-state index contributed by atoms with van der Waals surface area (Å²) in [6.45, 7) is 10.3. The molecule has 1 aliphatic heterocycles. The second-order valence-electron chi connectivity index (χ2n) is 8.42. The van der Waals surface area contributed by atoms with E-state index in [1.54, 1.807) is 12.1 Å². The van der Waals surface area contributed by atoms with Gasteiger partial charge in [0, 0.05) is 17.3 Å². The molecule has 1 aliphatic carbocycles. The highest BCUT2D eigenvalue weighted by molar-refractivity contribution is 5.93. The van der Waals surface area contributed by atoms with Crippen LogP contribution in [0.15, 0.2) is 42.0 Å². The van der Waals surface area contributed by atoms with Crippen molar-refractivity contribution in [2.24, 2.45) is 5.41 Å². The van der Waals surface area contributed by atoms with Crippen molar-refractivity contribution in [1.82, 2.24) is 5.32 Å². The van der Waals surface area contributed by atoms with E-state index >= 15 is 0 Å². The van der Waals surface area contributed by atoms with E-state index < -0.39 is 5.97 Å². The first-order chi connectivity index (χ1) is 12.7. The van der Waals surface area contributed by atoms with Gasteiger partial charge in [0.1, 0.15) is 0 Å². The Balaban J connectivity index is 1.77. The summed E-state index contributed by atoms with van der Waals surface area (Å²) in [5, 5.41) is 15.8. The molecule has 27 heavy (non-hydrogen) atoms. The second-order valence-corrected chi connectivity index (χ2v) is 8.42. The van der Waals surface area contributed by atoms with E-state index in [9.17, 15) is 14.7 Å². The molecule has 144 valence electrons. The molecule has 5 heteroatoms. The maximum Gasteiger partial charge on any atom is 0.335 e. The monoisotopic (exact) mass is 368 g/mol. The van der Waals surface area contributed by atoms with Crippen LogP contribution in [0.1, 0.15) is 56.0 Å². The van der Waals surface area contributed by atoms with E-state index in [2.05, 4.69) is 31.1 Å². The van der Waals surface area contributed by atoms with Crippen LogP contribution in [0.25, 0.3) is 0 Å². The average molecular weight is 368 g/mol. The van der Waals surface area contributed by atoms with Gasteiger partial charge in [-0.05, 0) is 73.4 Å². The van der Waals surface area contributed by atoms with Gasteiger partial charge in [0.25, 0.3) is 0 Å². The van der Waals surface area contributed by atoms with Crippen LogP contribution in [0.3, 0.4) is 0 Å². The second kappa shape index (κ2) is 7.22. The minimum absolute atomic E-state index is 0.0269. The molecular formula is C22H28N2O3. The molecule has 1 aromatic rings. The van der Waals surface area contributed by atoms with Crippen molar-refractivity contribution in [2.75, 3.05) is 5.32 Å². The third-order valence-corrected chi connectivity index (χ3v) is 5.65. The van der Waals surface area contributed by atoms with Crippen molar-refractivity contribution < 1.29 is 14.7 Å². The Morgan fingerprint density at radius 3 is 2.63 bits per heavy atom. The topological polar surface area (TPSA) is 78.4 Å². The molecule has 5 nitrogen and oxygen atoms in total. The lowest BCUT2D eigenvalue weighted by atomic mass is 9.72. The van der Waals surface area contributed by atoms with E-state index in [0.29, 0.717) is 17.2 Å². The number of benzene rings is 1. The summed E-state index contributed by atoms with van der Waals surface area (Å²) in [6, 6.07) is 5.44. The minimum Gasteiger partial charge on any atom is -0.478 e. The summed E-state index contributed by atoms with van der Waals surface area (Å²) in [6.07, 6.45) is 5.91. The van der Waals surface area contributed by atoms with Gasteiger partial charge in [0.15, 0.2) is 0 Å². The molecule has 1 aromatic carbocycles. The molecule has 0 radical (unpaired) electrons. The smallest absolute Gasteiger partial charge is 0.335 e. The van der Waals surface area contributed by atoms with Crippen LogP contribution in [-0.4, -0.2) is 29.1 Å². The van der Waals surface area contributed by atoms with Gasteiger partial charge in [-0.1, -0.05) is 20.4 Å². The largest absolute Gasteiger partial charge is 0.478 e. The van der Waals surface area contributed by atoms with E-state index in [-0.39, 0.29) is 17.4 Å². The van der Waals surface area contributed by atoms with Crippen molar-refractivity contribution >= 4 is 17.6 Å². The van der Waals surface area contributed by atoms with Crippen molar-refractivity contribution in [1.29, 1.82) is 0 Å². The molecule has 0 saturated heterocycles. The van der Waals surface area contributed by atoms with Crippen molar-refractivity contribution in [3.8, 4) is 0 Å². The Morgan fingerprint density at radius 2 is 2.04 bits per heavy atom. The van der Waals surface area contributed by atoms with Crippen LogP contribution in [0.2, 0.25) is 0 Å². The van der Waals surface area contributed by atoms with Crippen molar-refractivity contribution in [3.05, 3.63) is 53.1 Å². The van der Waals surface area contributed by atoms with Gasteiger partial charge in [-0.25, -0.2) is 4.79 Å². The Morgan fingerprint density at radius 1 is 1.33 bits per heavy atom. The predicted octanol–water partition coefficient (Wildman–Crippen LogP) is 3.92. The molecule has 1 saturated carbocycles. The molecule has 2 aliphatic rings. The quantitative estimate of drug-likeness (QED) is 0.544. The lowest BCUT2D eigenvalue weighted by molar-refractivity contribution is -0.118. The number of amides is 1. The number of carboxylic acids is 1. The van der Waals surface area contributed by atoms with Crippen LogP contribution in [-0.2, 0) is 11.2 Å². The third-order valence-electron chi connectivity index (χ3n) is 5.65. The van der Waals surface area contributed by atoms with E-state index in [0.717, 1.165) is 36.1 Å². The standard InChI is InChI=1S/C22H28N2O3/c1-13(10-14(2)20(25)23-17-6-5-7-17)19-22(3,4)12-16-11-15(21(26)27)8-9-18(16)24-19/h8-11,17,19,24H,1,5-7,12H2,2-4H3,(H,23,25)(H,26,27)/b14-10+.